The zero-order valence-corrected chi connectivity index (χ0v) is 18.2. The largest absolute Gasteiger partial charge is 0.497 e. The third kappa shape index (κ3) is 4.89. The Balaban J connectivity index is 1.43. The first-order chi connectivity index (χ1) is 15.4. The summed E-state index contributed by atoms with van der Waals surface area (Å²) in [6.45, 7) is -0.276. The van der Waals surface area contributed by atoms with Gasteiger partial charge in [-0.1, -0.05) is 11.2 Å². The standard InChI is InChI=1S/C21H21N3O7S/c1-28-15-8-9-17(18(11-15)29-2)20-22-19(31-23-20)12-30-21(25)13-4-3-5-16(10-13)32(26,27)24-14-6-7-14/h3-5,8-11,14,24H,6-7,12H2,1-2H3. The van der Waals surface area contributed by atoms with E-state index in [9.17, 15) is 13.2 Å². The van der Waals surface area contributed by atoms with E-state index in [0.29, 0.717) is 17.1 Å². The minimum Gasteiger partial charge on any atom is -0.497 e. The van der Waals surface area contributed by atoms with Gasteiger partial charge in [-0.3, -0.25) is 0 Å². The van der Waals surface area contributed by atoms with Gasteiger partial charge in [-0.2, -0.15) is 4.98 Å². The number of aromatic nitrogens is 2. The Morgan fingerprint density at radius 1 is 1.16 bits per heavy atom. The van der Waals surface area contributed by atoms with Crippen molar-refractivity contribution in [3.8, 4) is 22.9 Å². The van der Waals surface area contributed by atoms with Gasteiger partial charge in [0.1, 0.15) is 11.5 Å². The van der Waals surface area contributed by atoms with Crippen molar-refractivity contribution in [3.05, 3.63) is 53.9 Å². The van der Waals surface area contributed by atoms with Crippen LogP contribution in [0.25, 0.3) is 11.4 Å². The average Bonchev–Trinajstić information content (AvgIpc) is 3.49. The Hall–Kier alpha value is -3.44. The predicted octanol–water partition coefficient (Wildman–Crippen LogP) is 2.55. The molecule has 11 heteroatoms. The highest BCUT2D eigenvalue weighted by molar-refractivity contribution is 7.89. The number of methoxy groups -OCH3 is 2. The number of carbonyl (C=O) groups excluding carboxylic acids is 1. The number of nitrogens with one attached hydrogen (secondary N) is 1. The van der Waals surface area contributed by atoms with Gasteiger partial charge in [0, 0.05) is 12.1 Å². The van der Waals surface area contributed by atoms with Crippen molar-refractivity contribution in [2.24, 2.45) is 0 Å². The maximum absolute atomic E-state index is 12.4. The molecule has 3 aromatic rings. The van der Waals surface area contributed by atoms with Crippen LogP contribution in [0, 0.1) is 0 Å². The molecule has 1 aliphatic carbocycles. The minimum absolute atomic E-state index is 0.00512. The fourth-order valence-electron chi connectivity index (χ4n) is 2.90. The SMILES string of the molecule is COc1ccc(-c2noc(COC(=O)c3cccc(S(=O)(=O)NC4CC4)c3)n2)c(OC)c1. The van der Waals surface area contributed by atoms with Crippen molar-refractivity contribution in [2.75, 3.05) is 14.2 Å². The molecule has 1 fully saturated rings. The van der Waals surface area contributed by atoms with E-state index in [1.807, 2.05) is 0 Å². The van der Waals surface area contributed by atoms with Gasteiger partial charge in [-0.15, -0.1) is 0 Å². The number of sulfonamides is 1. The van der Waals surface area contributed by atoms with Crippen LogP contribution in [-0.4, -0.2) is 44.8 Å². The van der Waals surface area contributed by atoms with Crippen LogP contribution < -0.4 is 14.2 Å². The summed E-state index contributed by atoms with van der Waals surface area (Å²) in [7, 11) is -0.624. The van der Waals surface area contributed by atoms with Crippen LogP contribution in [0.2, 0.25) is 0 Å². The summed E-state index contributed by atoms with van der Waals surface area (Å²) in [6.07, 6.45) is 1.63. The lowest BCUT2D eigenvalue weighted by molar-refractivity contribution is 0.0429. The van der Waals surface area contributed by atoms with Crippen molar-refractivity contribution in [1.82, 2.24) is 14.9 Å². The number of esters is 1. The summed E-state index contributed by atoms with van der Waals surface area (Å²) >= 11 is 0. The van der Waals surface area contributed by atoms with Crippen LogP contribution in [0.1, 0.15) is 29.1 Å². The van der Waals surface area contributed by atoms with Crippen molar-refractivity contribution >= 4 is 16.0 Å². The summed E-state index contributed by atoms with van der Waals surface area (Å²) in [5.74, 6) is 0.724. The summed E-state index contributed by atoms with van der Waals surface area (Å²) in [4.78, 5) is 16.6. The van der Waals surface area contributed by atoms with E-state index < -0.39 is 16.0 Å². The molecule has 1 aliphatic rings. The number of nitrogens with zero attached hydrogens (tertiary/aromatic N) is 2. The number of hydrogen-bond donors (Lipinski definition) is 1. The van der Waals surface area contributed by atoms with E-state index in [2.05, 4.69) is 14.9 Å². The van der Waals surface area contributed by atoms with Crippen LogP contribution in [0.5, 0.6) is 11.5 Å². The molecule has 0 aliphatic heterocycles. The molecule has 0 atom stereocenters. The second-order valence-corrected chi connectivity index (χ2v) is 8.79. The monoisotopic (exact) mass is 459 g/mol. The van der Waals surface area contributed by atoms with E-state index >= 15 is 0 Å². The number of benzene rings is 2. The highest BCUT2D eigenvalue weighted by Crippen LogP contribution is 2.31. The summed E-state index contributed by atoms with van der Waals surface area (Å²) in [5, 5.41) is 3.90. The molecule has 0 spiro atoms. The van der Waals surface area contributed by atoms with Crippen LogP contribution in [-0.2, 0) is 21.4 Å². The van der Waals surface area contributed by atoms with Gasteiger partial charge in [0.2, 0.25) is 15.8 Å². The van der Waals surface area contributed by atoms with Gasteiger partial charge >= 0.3 is 5.97 Å². The van der Waals surface area contributed by atoms with E-state index in [1.54, 1.807) is 25.3 Å². The topological polar surface area (TPSA) is 130 Å². The van der Waals surface area contributed by atoms with Crippen molar-refractivity contribution in [2.45, 2.75) is 30.4 Å². The molecule has 0 unspecified atom stereocenters. The molecule has 0 saturated heterocycles. The zero-order chi connectivity index (χ0) is 22.7. The van der Waals surface area contributed by atoms with Gasteiger partial charge in [-0.25, -0.2) is 17.9 Å². The fourth-order valence-corrected chi connectivity index (χ4v) is 4.25. The number of hydrogen-bond acceptors (Lipinski definition) is 9. The highest BCUT2D eigenvalue weighted by Gasteiger charge is 2.28. The molecular weight excluding hydrogens is 438 g/mol. The normalized spacial score (nSPS) is 13.6. The fraction of sp³-hybridized carbons (Fsp3) is 0.286. The molecule has 10 nitrogen and oxygen atoms in total. The van der Waals surface area contributed by atoms with Crippen LogP contribution in [0.3, 0.4) is 0 Å². The first-order valence-corrected chi connectivity index (χ1v) is 11.2. The Morgan fingerprint density at radius 2 is 1.97 bits per heavy atom. The van der Waals surface area contributed by atoms with Gasteiger partial charge in [-0.05, 0) is 43.2 Å². The van der Waals surface area contributed by atoms with Gasteiger partial charge in [0.15, 0.2) is 6.61 Å². The Morgan fingerprint density at radius 3 is 2.69 bits per heavy atom. The smallest absolute Gasteiger partial charge is 0.338 e. The Bertz CT molecular complexity index is 1240. The molecule has 2 aromatic carbocycles. The van der Waals surface area contributed by atoms with E-state index in [4.69, 9.17) is 18.7 Å². The van der Waals surface area contributed by atoms with E-state index in [1.165, 1.54) is 31.4 Å². The third-order valence-electron chi connectivity index (χ3n) is 4.72. The lowest BCUT2D eigenvalue weighted by Gasteiger charge is -2.07. The maximum Gasteiger partial charge on any atom is 0.338 e. The number of ether oxygens (including phenoxy) is 3. The molecule has 168 valence electrons. The second-order valence-electron chi connectivity index (χ2n) is 7.08. The molecule has 32 heavy (non-hydrogen) atoms. The predicted molar refractivity (Wildman–Crippen MR) is 112 cm³/mol. The third-order valence-corrected chi connectivity index (χ3v) is 6.24. The number of rotatable bonds is 9. The van der Waals surface area contributed by atoms with Crippen LogP contribution in [0.4, 0.5) is 0 Å². The first kappa shape index (κ1) is 21.8. The highest BCUT2D eigenvalue weighted by atomic mass is 32.2. The molecule has 0 radical (unpaired) electrons. The van der Waals surface area contributed by atoms with Gasteiger partial charge < -0.3 is 18.7 Å². The molecule has 0 amide bonds. The number of carbonyl (C=O) groups is 1. The quantitative estimate of drug-likeness (QED) is 0.480. The van der Waals surface area contributed by atoms with Crippen molar-refractivity contribution in [3.63, 3.8) is 0 Å². The summed E-state index contributed by atoms with van der Waals surface area (Å²) in [5.41, 5.74) is 0.677. The van der Waals surface area contributed by atoms with Crippen LogP contribution >= 0.6 is 0 Å². The van der Waals surface area contributed by atoms with Crippen LogP contribution in [0.15, 0.2) is 51.9 Å². The average molecular weight is 459 g/mol. The lowest BCUT2D eigenvalue weighted by atomic mass is 10.2. The lowest BCUT2D eigenvalue weighted by Crippen LogP contribution is -2.25. The molecule has 0 bridgehead atoms. The summed E-state index contributed by atoms with van der Waals surface area (Å²) < 4.78 is 48.2. The minimum atomic E-state index is -3.68. The first-order valence-electron chi connectivity index (χ1n) is 9.74. The van der Waals surface area contributed by atoms with Gasteiger partial charge in [0.05, 0.1) is 30.2 Å². The van der Waals surface area contributed by atoms with Crippen molar-refractivity contribution < 1.29 is 31.9 Å². The summed E-state index contributed by atoms with van der Waals surface area (Å²) in [6, 6.07) is 10.8. The van der Waals surface area contributed by atoms with E-state index in [-0.39, 0.29) is 34.8 Å². The zero-order valence-electron chi connectivity index (χ0n) is 17.4. The molecule has 4 rings (SSSR count). The molecule has 1 aromatic heterocycles. The Labute approximate surface area is 184 Å². The van der Waals surface area contributed by atoms with Gasteiger partial charge in [0.25, 0.3) is 5.89 Å². The second kappa shape index (κ2) is 8.97. The molecule has 1 heterocycles. The Kier molecular flexibility index (Phi) is 6.10. The molecule has 1 saturated carbocycles. The molecular formula is C21H21N3O7S. The maximum atomic E-state index is 12.4. The van der Waals surface area contributed by atoms with E-state index in [0.717, 1.165) is 12.8 Å². The molecule has 1 N–H and O–H groups in total. The van der Waals surface area contributed by atoms with Crippen molar-refractivity contribution in [1.29, 1.82) is 0 Å².